The number of rotatable bonds is 17. The van der Waals surface area contributed by atoms with Crippen LogP contribution in [0.3, 0.4) is 0 Å². The van der Waals surface area contributed by atoms with Crippen LogP contribution in [0.4, 0.5) is 68.2 Å². The van der Waals surface area contributed by atoms with E-state index >= 15 is 0 Å². The minimum absolute atomic E-state index is 1.10. The summed E-state index contributed by atoms with van der Waals surface area (Å²) < 4.78 is 0. The molecular formula is C134H92N4. The summed E-state index contributed by atoms with van der Waals surface area (Å²) in [6, 6.07) is 203. The first-order chi connectivity index (χ1) is 68.4. The van der Waals surface area contributed by atoms with Gasteiger partial charge in [-0.1, -0.05) is 406 Å². The van der Waals surface area contributed by atoms with E-state index in [4.69, 9.17) is 0 Å². The fraction of sp³-hybridized carbons (Fsp3) is 0. The molecule has 0 N–H and O–H groups in total. The van der Waals surface area contributed by atoms with Crippen molar-refractivity contribution < 1.29 is 0 Å². The summed E-state index contributed by atoms with van der Waals surface area (Å²) >= 11 is 0. The summed E-state index contributed by atoms with van der Waals surface area (Å²) in [4.78, 5) is 9.50. The summed E-state index contributed by atoms with van der Waals surface area (Å²) in [6.45, 7) is 0. The van der Waals surface area contributed by atoms with Gasteiger partial charge in [0.2, 0.25) is 0 Å². The summed E-state index contributed by atoms with van der Waals surface area (Å²) in [5, 5.41) is 4.86. The van der Waals surface area contributed by atoms with Gasteiger partial charge in [-0.25, -0.2) is 0 Å². The van der Waals surface area contributed by atoms with E-state index in [2.05, 4.69) is 578 Å². The number of anilines is 12. The number of para-hydroxylation sites is 4. The van der Waals surface area contributed by atoms with Gasteiger partial charge < -0.3 is 19.6 Å². The second kappa shape index (κ2) is 36.7. The number of benzene rings is 23. The quantitative estimate of drug-likeness (QED) is 0.0901. The average molecular weight is 1760 g/mol. The van der Waals surface area contributed by atoms with E-state index in [-0.39, 0.29) is 0 Å². The molecule has 2 aliphatic heterocycles. The predicted molar refractivity (Wildman–Crippen MR) is 584 cm³/mol. The van der Waals surface area contributed by atoms with Gasteiger partial charge in [-0.3, -0.25) is 0 Å². The Morgan fingerprint density at radius 1 is 0.109 bits per heavy atom. The number of hydrogen-bond donors (Lipinski definition) is 0. The Hall–Kier alpha value is -18.2. The Kier molecular flexibility index (Phi) is 22.1. The topological polar surface area (TPSA) is 13.0 Å². The molecule has 25 rings (SSSR count). The van der Waals surface area contributed by atoms with Crippen LogP contribution in [0, 0.1) is 0 Å². The van der Waals surface area contributed by atoms with Crippen molar-refractivity contribution >= 4 is 89.8 Å². The molecule has 0 fully saturated rings. The molecule has 0 unspecified atom stereocenters. The molecule has 0 spiro atoms. The maximum Gasteiger partial charge on any atom is 0.0540 e. The molecule has 0 saturated heterocycles. The van der Waals surface area contributed by atoms with Gasteiger partial charge >= 0.3 is 0 Å². The zero-order valence-electron chi connectivity index (χ0n) is 75.9. The zero-order valence-corrected chi connectivity index (χ0v) is 75.9. The smallest absolute Gasteiger partial charge is 0.0540 e. The van der Waals surface area contributed by atoms with Crippen LogP contribution in [-0.2, 0) is 0 Å². The minimum Gasteiger partial charge on any atom is -0.311 e. The van der Waals surface area contributed by atoms with Crippen molar-refractivity contribution in [3.63, 3.8) is 0 Å². The lowest BCUT2D eigenvalue weighted by atomic mass is 9.92. The minimum atomic E-state index is 1.10. The third-order valence-corrected chi connectivity index (χ3v) is 27.2. The molecular weight excluding hydrogens is 1670 g/mol. The molecule has 0 saturated carbocycles. The molecule has 0 bridgehead atoms. The van der Waals surface area contributed by atoms with Gasteiger partial charge in [0.1, 0.15) is 0 Å². The van der Waals surface area contributed by atoms with E-state index in [9.17, 15) is 0 Å². The lowest BCUT2D eigenvalue weighted by Crippen LogP contribution is -2.10. The van der Waals surface area contributed by atoms with Crippen molar-refractivity contribution in [2.75, 3.05) is 19.6 Å². The second-order valence-corrected chi connectivity index (χ2v) is 35.5. The largest absolute Gasteiger partial charge is 0.311 e. The first-order valence-corrected chi connectivity index (χ1v) is 47.4. The summed E-state index contributed by atoms with van der Waals surface area (Å²) in [7, 11) is 0. The number of nitrogens with zero attached hydrogens (tertiary/aromatic N) is 4. The van der Waals surface area contributed by atoms with Gasteiger partial charge in [0.25, 0.3) is 0 Å². The van der Waals surface area contributed by atoms with E-state index < -0.39 is 0 Å². The number of hydrogen-bond acceptors (Lipinski definition) is 4. The SMILES string of the molecule is c1ccc(-c2ccc(N(c3ccc(-c4ccccc4)cc3)c3ccc(-c4ccc5cc(-c6ccc(-c7ccc8c(c7)-c7ccccc7-c7ccccc7N8c7ccccc7)cc6)ccc5c4)cc3)cc2)cc1.c1ccc(-c2ccc(N(c3ccc(-c4ccccc4)cc3)c3ccc(-c4ccc5cc(-c6ccc(N7c8ccccc8-c8ccccc8-c8ccccc87)cc6)ccc5c4)cc3)cc2)cc1. The Bertz CT molecular complexity index is 8110. The Morgan fingerprint density at radius 2 is 0.283 bits per heavy atom. The normalized spacial score (nSPS) is 11.6. The third-order valence-electron chi connectivity index (χ3n) is 27.2. The van der Waals surface area contributed by atoms with Crippen LogP contribution in [0.25, 0.3) is 166 Å². The fourth-order valence-corrected chi connectivity index (χ4v) is 20.2. The molecule has 0 amide bonds. The van der Waals surface area contributed by atoms with Crippen molar-refractivity contribution in [3.8, 4) is 145 Å². The first-order valence-electron chi connectivity index (χ1n) is 47.4. The van der Waals surface area contributed by atoms with Crippen molar-refractivity contribution in [1.29, 1.82) is 0 Å². The number of fused-ring (bicyclic) bond motifs is 12. The molecule has 4 nitrogen and oxygen atoms in total. The average Bonchev–Trinajstić information content (AvgIpc) is 1.59. The predicted octanol–water partition coefficient (Wildman–Crippen LogP) is 37.9. The maximum absolute atomic E-state index is 2.41. The lowest BCUT2D eigenvalue weighted by Gasteiger charge is -2.27. The highest BCUT2D eigenvalue weighted by Crippen LogP contribution is 2.54. The molecule has 0 aromatic heterocycles. The first kappa shape index (κ1) is 82.9. The van der Waals surface area contributed by atoms with Gasteiger partial charge in [-0.2, -0.15) is 0 Å². The van der Waals surface area contributed by atoms with Crippen LogP contribution in [-0.4, -0.2) is 0 Å². The van der Waals surface area contributed by atoms with Crippen molar-refractivity contribution in [3.05, 3.63) is 558 Å². The molecule has 648 valence electrons. The van der Waals surface area contributed by atoms with E-state index in [1.165, 1.54) is 189 Å². The highest BCUT2D eigenvalue weighted by Gasteiger charge is 2.29. The van der Waals surface area contributed by atoms with Crippen LogP contribution in [0.15, 0.2) is 558 Å². The summed E-state index contributed by atoms with van der Waals surface area (Å²) in [6.07, 6.45) is 0. The molecule has 0 radical (unpaired) electrons. The van der Waals surface area contributed by atoms with Crippen molar-refractivity contribution in [2.24, 2.45) is 0 Å². The zero-order chi connectivity index (χ0) is 91.6. The maximum atomic E-state index is 2.41. The highest BCUT2D eigenvalue weighted by molar-refractivity contribution is 6.06. The molecule has 0 aliphatic carbocycles. The van der Waals surface area contributed by atoms with E-state index in [0.29, 0.717) is 0 Å². The monoisotopic (exact) mass is 1760 g/mol. The van der Waals surface area contributed by atoms with Crippen LogP contribution >= 0.6 is 0 Å². The van der Waals surface area contributed by atoms with Gasteiger partial charge in [-0.15, -0.1) is 0 Å². The highest BCUT2D eigenvalue weighted by atomic mass is 15.2. The van der Waals surface area contributed by atoms with Crippen LogP contribution < -0.4 is 19.6 Å². The van der Waals surface area contributed by atoms with Gasteiger partial charge in [-0.05, 0) is 296 Å². The molecule has 2 heterocycles. The van der Waals surface area contributed by atoms with Gasteiger partial charge in [0.05, 0.1) is 22.7 Å². The van der Waals surface area contributed by atoms with E-state index in [1.54, 1.807) is 0 Å². The van der Waals surface area contributed by atoms with Gasteiger partial charge in [0.15, 0.2) is 0 Å². The molecule has 23 aromatic rings. The van der Waals surface area contributed by atoms with Crippen molar-refractivity contribution in [2.45, 2.75) is 0 Å². The van der Waals surface area contributed by atoms with E-state index in [1.807, 2.05) is 0 Å². The molecule has 23 aromatic carbocycles. The van der Waals surface area contributed by atoms with E-state index in [0.717, 1.165) is 45.5 Å². The fourth-order valence-electron chi connectivity index (χ4n) is 20.2. The van der Waals surface area contributed by atoms with Gasteiger partial charge in [0, 0.05) is 67.8 Å². The lowest BCUT2D eigenvalue weighted by molar-refractivity contribution is 1.28. The molecule has 2 aliphatic rings. The molecule has 0 atom stereocenters. The molecule has 4 heteroatoms. The van der Waals surface area contributed by atoms with Crippen LogP contribution in [0.5, 0.6) is 0 Å². The second-order valence-electron chi connectivity index (χ2n) is 35.5. The summed E-state index contributed by atoms with van der Waals surface area (Å²) in [5.74, 6) is 0. The van der Waals surface area contributed by atoms with Crippen molar-refractivity contribution in [1.82, 2.24) is 0 Å². The van der Waals surface area contributed by atoms with Crippen LogP contribution in [0.1, 0.15) is 0 Å². The Morgan fingerprint density at radius 3 is 0.558 bits per heavy atom. The van der Waals surface area contributed by atoms with Crippen LogP contribution in [0.2, 0.25) is 0 Å². The molecule has 138 heavy (non-hydrogen) atoms. The standard InChI is InChI=1S/C70H48N2.C64H44N2/c1-4-14-49(15-5-1)51-32-39-62(40-33-51)71(63-41-34-52(35-42-63)50-16-6-2-7-17-50)64-43-36-55(37-44-64)57-29-31-58-46-56(28-30-59(58)47-57)53-24-26-54(27-25-53)60-38-45-70-68(48-60)66-21-11-10-20-65(66)67-22-12-13-23-69(67)72(70)61-18-8-3-9-19-61;1-3-13-45(14-4-1)47-27-35-55(36-28-47)65(56-37-29-48(30-38-56)46-15-5-2-6-16-46)57-39-31-49(32-40-57)51-23-25-54-44-52(24-26-53(54)43-51)50-33-41-58(42-34-50)66-63-21-11-9-19-61(63)59-17-7-8-18-60(59)62-20-10-12-22-64(62)66/h1-48H;1-44H. The summed E-state index contributed by atoms with van der Waals surface area (Å²) in [5.41, 5.74) is 45.0. The third kappa shape index (κ3) is 16.3. The Labute approximate surface area is 806 Å². The Balaban J connectivity index is 0.000000151.